The molecule has 2 aliphatic rings. The molecule has 1 unspecified atom stereocenters. The Bertz CT molecular complexity index is 936. The quantitative estimate of drug-likeness (QED) is 0.759. The molecule has 1 saturated heterocycles. The lowest BCUT2D eigenvalue weighted by Gasteiger charge is -2.28. The number of methoxy groups -OCH3 is 2. The number of hydrogen-bond donors (Lipinski definition) is 0. The van der Waals surface area contributed by atoms with E-state index < -0.39 is 0 Å². The van der Waals surface area contributed by atoms with Crippen LogP contribution in [0.3, 0.4) is 0 Å². The summed E-state index contributed by atoms with van der Waals surface area (Å²) >= 11 is 0. The first-order chi connectivity index (χ1) is 14.6. The molecular weight excluding hydrogens is 382 g/mol. The highest BCUT2D eigenvalue weighted by atomic mass is 16.5. The van der Waals surface area contributed by atoms with Crippen LogP contribution < -0.4 is 14.4 Å². The van der Waals surface area contributed by atoms with E-state index in [1.54, 1.807) is 26.2 Å². The zero-order chi connectivity index (χ0) is 21.1. The number of morpholine rings is 1. The van der Waals surface area contributed by atoms with Gasteiger partial charge >= 0.3 is 0 Å². The summed E-state index contributed by atoms with van der Waals surface area (Å²) in [6.07, 6.45) is 0.645. The highest BCUT2D eigenvalue weighted by Gasteiger charge is 2.32. The molecule has 0 aromatic heterocycles. The van der Waals surface area contributed by atoms with Crippen molar-refractivity contribution in [2.24, 2.45) is 5.10 Å². The number of hydrogen-bond acceptors (Lipinski definition) is 6. The Kier molecular flexibility index (Phi) is 5.90. The number of anilines is 1. The first-order valence-corrected chi connectivity index (χ1v) is 10.1. The Balaban J connectivity index is 1.57. The maximum absolute atomic E-state index is 12.3. The SMILES string of the molecule is COc1ccc(C2CC(c3ccc(N4CCOCC4)cc3)=NN2C(C)=O)cc1OC. The fraction of sp³-hybridized carbons (Fsp3) is 0.391. The summed E-state index contributed by atoms with van der Waals surface area (Å²) in [6.45, 7) is 4.87. The largest absolute Gasteiger partial charge is 0.493 e. The van der Waals surface area contributed by atoms with Crippen molar-refractivity contribution in [1.29, 1.82) is 0 Å². The molecule has 0 spiro atoms. The topological polar surface area (TPSA) is 63.6 Å². The molecule has 0 N–H and O–H groups in total. The van der Waals surface area contributed by atoms with Crippen LogP contribution in [0.2, 0.25) is 0 Å². The summed E-state index contributed by atoms with van der Waals surface area (Å²) in [6, 6.07) is 14.0. The number of hydrazone groups is 1. The lowest BCUT2D eigenvalue weighted by molar-refractivity contribution is -0.130. The maximum Gasteiger partial charge on any atom is 0.240 e. The van der Waals surface area contributed by atoms with Gasteiger partial charge < -0.3 is 19.1 Å². The van der Waals surface area contributed by atoms with Gasteiger partial charge in [-0.2, -0.15) is 5.10 Å². The second-order valence-electron chi connectivity index (χ2n) is 7.39. The van der Waals surface area contributed by atoms with Crippen LogP contribution in [0.15, 0.2) is 47.6 Å². The molecule has 0 saturated carbocycles. The van der Waals surface area contributed by atoms with E-state index in [4.69, 9.17) is 14.2 Å². The van der Waals surface area contributed by atoms with E-state index >= 15 is 0 Å². The van der Waals surface area contributed by atoms with E-state index in [-0.39, 0.29) is 11.9 Å². The normalized spacial score (nSPS) is 18.9. The van der Waals surface area contributed by atoms with Crippen molar-refractivity contribution in [3.63, 3.8) is 0 Å². The van der Waals surface area contributed by atoms with Crippen molar-refractivity contribution < 1.29 is 19.0 Å². The molecule has 2 aromatic carbocycles. The minimum atomic E-state index is -0.170. The van der Waals surface area contributed by atoms with Crippen LogP contribution in [-0.2, 0) is 9.53 Å². The molecule has 2 aromatic rings. The van der Waals surface area contributed by atoms with E-state index in [1.807, 2.05) is 18.2 Å². The van der Waals surface area contributed by atoms with Gasteiger partial charge in [-0.3, -0.25) is 4.79 Å². The van der Waals surface area contributed by atoms with Gasteiger partial charge in [0.15, 0.2) is 11.5 Å². The summed E-state index contributed by atoms with van der Waals surface area (Å²) in [5.41, 5.74) is 4.08. The van der Waals surface area contributed by atoms with Crippen LogP contribution in [0.5, 0.6) is 11.5 Å². The average molecular weight is 409 g/mol. The fourth-order valence-electron chi connectivity index (χ4n) is 3.98. The molecule has 1 atom stereocenters. The Labute approximate surface area is 176 Å². The molecule has 30 heavy (non-hydrogen) atoms. The number of rotatable bonds is 5. The number of amides is 1. The summed E-state index contributed by atoms with van der Waals surface area (Å²) in [5.74, 6) is 1.21. The molecule has 0 aliphatic carbocycles. The van der Waals surface area contributed by atoms with Gasteiger partial charge in [0, 0.05) is 32.1 Å². The van der Waals surface area contributed by atoms with E-state index in [0.29, 0.717) is 17.9 Å². The molecule has 7 heteroatoms. The van der Waals surface area contributed by atoms with Crippen LogP contribution in [0.4, 0.5) is 5.69 Å². The summed E-state index contributed by atoms with van der Waals surface area (Å²) in [4.78, 5) is 14.6. The Hall–Kier alpha value is -3.06. The number of carbonyl (C=O) groups excluding carboxylic acids is 1. The molecule has 1 fully saturated rings. The smallest absolute Gasteiger partial charge is 0.240 e. The third kappa shape index (κ3) is 3.98. The second-order valence-corrected chi connectivity index (χ2v) is 7.39. The van der Waals surface area contributed by atoms with Gasteiger partial charge in [0.2, 0.25) is 5.91 Å². The van der Waals surface area contributed by atoms with Crippen LogP contribution in [0.25, 0.3) is 0 Å². The lowest BCUT2D eigenvalue weighted by Crippen LogP contribution is -2.36. The van der Waals surface area contributed by atoms with Crippen molar-refractivity contribution >= 4 is 17.3 Å². The van der Waals surface area contributed by atoms with Crippen molar-refractivity contribution in [2.45, 2.75) is 19.4 Å². The predicted molar refractivity (Wildman–Crippen MR) is 115 cm³/mol. The van der Waals surface area contributed by atoms with Crippen molar-refractivity contribution in [3.05, 3.63) is 53.6 Å². The molecule has 0 bridgehead atoms. The molecule has 0 radical (unpaired) electrons. The zero-order valence-corrected chi connectivity index (χ0v) is 17.6. The van der Waals surface area contributed by atoms with Crippen LogP contribution in [-0.4, -0.2) is 57.2 Å². The fourth-order valence-corrected chi connectivity index (χ4v) is 3.98. The standard InChI is InChI=1S/C23H27N3O4/c1-16(27)26-21(18-6-9-22(28-2)23(14-18)29-3)15-20(24-26)17-4-7-19(8-5-17)25-10-12-30-13-11-25/h4-9,14,21H,10-13,15H2,1-3H3. The average Bonchev–Trinajstić information content (AvgIpc) is 3.25. The van der Waals surface area contributed by atoms with Crippen molar-refractivity contribution in [2.75, 3.05) is 45.4 Å². The Morgan fingerprint density at radius 2 is 1.73 bits per heavy atom. The molecule has 1 amide bonds. The number of benzene rings is 2. The molecular formula is C23H27N3O4. The zero-order valence-electron chi connectivity index (χ0n) is 17.6. The summed E-state index contributed by atoms with van der Waals surface area (Å²) in [5, 5.41) is 6.21. The molecule has 2 heterocycles. The molecule has 7 nitrogen and oxygen atoms in total. The van der Waals surface area contributed by atoms with Gasteiger partial charge in [0.05, 0.1) is 39.2 Å². The lowest BCUT2D eigenvalue weighted by atomic mass is 9.98. The third-order valence-electron chi connectivity index (χ3n) is 5.60. The van der Waals surface area contributed by atoms with Gasteiger partial charge in [0.1, 0.15) is 0 Å². The van der Waals surface area contributed by atoms with Gasteiger partial charge in [-0.25, -0.2) is 5.01 Å². The molecule has 4 rings (SSSR count). The minimum absolute atomic E-state index is 0.0882. The number of carbonyl (C=O) groups is 1. The van der Waals surface area contributed by atoms with Crippen LogP contribution in [0, 0.1) is 0 Å². The van der Waals surface area contributed by atoms with Crippen molar-refractivity contribution in [3.8, 4) is 11.5 Å². The van der Waals surface area contributed by atoms with E-state index in [1.165, 1.54) is 5.69 Å². The van der Waals surface area contributed by atoms with Gasteiger partial charge in [0.25, 0.3) is 0 Å². The molecule has 2 aliphatic heterocycles. The maximum atomic E-state index is 12.3. The Morgan fingerprint density at radius 1 is 1.03 bits per heavy atom. The first kappa shape index (κ1) is 20.2. The Morgan fingerprint density at radius 3 is 2.37 bits per heavy atom. The monoisotopic (exact) mass is 409 g/mol. The first-order valence-electron chi connectivity index (χ1n) is 10.1. The van der Waals surface area contributed by atoms with Crippen molar-refractivity contribution in [1.82, 2.24) is 5.01 Å². The van der Waals surface area contributed by atoms with E-state index in [2.05, 4.69) is 34.3 Å². The minimum Gasteiger partial charge on any atom is -0.493 e. The van der Waals surface area contributed by atoms with Gasteiger partial charge in [-0.1, -0.05) is 18.2 Å². The summed E-state index contributed by atoms with van der Waals surface area (Å²) < 4.78 is 16.2. The highest BCUT2D eigenvalue weighted by Crippen LogP contribution is 2.37. The number of ether oxygens (including phenoxy) is 3. The second kappa shape index (κ2) is 8.75. The van der Waals surface area contributed by atoms with Gasteiger partial charge in [-0.15, -0.1) is 0 Å². The number of nitrogens with zero attached hydrogens (tertiary/aromatic N) is 3. The predicted octanol–water partition coefficient (Wildman–Crippen LogP) is 3.24. The highest BCUT2D eigenvalue weighted by molar-refractivity contribution is 6.03. The molecule has 158 valence electrons. The summed E-state index contributed by atoms with van der Waals surface area (Å²) in [7, 11) is 3.22. The van der Waals surface area contributed by atoms with Crippen LogP contribution in [0.1, 0.15) is 30.5 Å². The van der Waals surface area contributed by atoms with Crippen LogP contribution >= 0.6 is 0 Å². The van der Waals surface area contributed by atoms with E-state index in [9.17, 15) is 4.79 Å². The van der Waals surface area contributed by atoms with Gasteiger partial charge in [-0.05, 0) is 35.4 Å². The van der Waals surface area contributed by atoms with E-state index in [0.717, 1.165) is 43.1 Å². The third-order valence-corrected chi connectivity index (χ3v) is 5.60.